The second-order valence-corrected chi connectivity index (χ2v) is 9.80. The summed E-state index contributed by atoms with van der Waals surface area (Å²) in [5, 5.41) is 12.9. The number of fused-ring (bicyclic) bond motifs is 1. The van der Waals surface area contributed by atoms with Crippen molar-refractivity contribution in [3.8, 4) is 17.6 Å². The summed E-state index contributed by atoms with van der Waals surface area (Å²) in [6, 6.07) is 19.4. The first-order valence-corrected chi connectivity index (χ1v) is 13.7. The molecule has 1 amide bonds. The van der Waals surface area contributed by atoms with E-state index in [0.29, 0.717) is 42.7 Å². The van der Waals surface area contributed by atoms with Crippen LogP contribution in [0.25, 0.3) is 22.7 Å². The van der Waals surface area contributed by atoms with E-state index < -0.39 is 0 Å². The number of nitriles is 1. The number of aryl methyl sites for hydroxylation is 2. The maximum Gasteiger partial charge on any atom is 0.262 e. The minimum Gasteiger partial charge on any atom is -0.490 e. The second kappa shape index (κ2) is 12.6. The number of hydrogen-bond donors (Lipinski definition) is 2. The van der Waals surface area contributed by atoms with Gasteiger partial charge in [-0.15, -0.1) is 0 Å². The van der Waals surface area contributed by atoms with Crippen molar-refractivity contribution in [3.05, 3.63) is 77.1 Å². The Bertz CT molecular complexity index is 1590. The zero-order valence-electron chi connectivity index (χ0n) is 23.5. The normalized spacial score (nSPS) is 13.6. The molecule has 1 fully saturated rings. The van der Waals surface area contributed by atoms with Crippen molar-refractivity contribution in [2.45, 2.75) is 20.8 Å². The molecule has 1 saturated heterocycles. The number of para-hydroxylation sites is 2. The lowest BCUT2D eigenvalue weighted by atomic mass is 10.1. The van der Waals surface area contributed by atoms with E-state index in [1.54, 1.807) is 18.2 Å². The van der Waals surface area contributed by atoms with Gasteiger partial charge in [-0.25, -0.2) is 4.98 Å². The lowest BCUT2D eigenvalue weighted by Gasteiger charge is -2.30. The SMILES string of the molecule is CCOc1cc(/C=C(\C#N)c2nc3cc(C)c(C)cc3[nH]2)ccc1OCC(=O)Nc1ccccc1N1CCOCC1. The van der Waals surface area contributed by atoms with Crippen LogP contribution in [0.2, 0.25) is 0 Å². The van der Waals surface area contributed by atoms with Gasteiger partial charge in [-0.2, -0.15) is 5.26 Å². The zero-order valence-corrected chi connectivity index (χ0v) is 23.5. The van der Waals surface area contributed by atoms with Crippen LogP contribution in [0.1, 0.15) is 29.4 Å². The molecule has 0 atom stereocenters. The molecule has 210 valence electrons. The van der Waals surface area contributed by atoms with Crippen molar-refractivity contribution >= 4 is 40.0 Å². The van der Waals surface area contributed by atoms with Crippen LogP contribution < -0.4 is 19.7 Å². The van der Waals surface area contributed by atoms with Crippen LogP contribution >= 0.6 is 0 Å². The van der Waals surface area contributed by atoms with Crippen LogP contribution in [0.3, 0.4) is 0 Å². The van der Waals surface area contributed by atoms with Crippen molar-refractivity contribution in [2.24, 2.45) is 0 Å². The number of morpholine rings is 1. The molecule has 0 spiro atoms. The van der Waals surface area contributed by atoms with Gasteiger partial charge < -0.3 is 29.4 Å². The second-order valence-electron chi connectivity index (χ2n) is 9.80. The van der Waals surface area contributed by atoms with Crippen LogP contribution in [0.4, 0.5) is 11.4 Å². The molecule has 9 heteroatoms. The Kier molecular flexibility index (Phi) is 8.51. The first-order chi connectivity index (χ1) is 19.9. The maximum atomic E-state index is 12.8. The number of H-pyrrole nitrogens is 1. The standard InChI is InChI=1S/C32H33N5O4/c1-4-40-30-18-23(17-24(19-33)32-35-26-15-21(2)22(3)16-27(26)36-32)9-10-29(30)41-20-31(38)34-25-7-5-6-8-28(25)37-11-13-39-14-12-37/h5-10,15-18H,4,11-14,20H2,1-3H3,(H,34,38)(H,35,36)/b24-17+. The minimum atomic E-state index is -0.278. The summed E-state index contributed by atoms with van der Waals surface area (Å²) in [5.41, 5.74) is 6.82. The van der Waals surface area contributed by atoms with Gasteiger partial charge in [-0.1, -0.05) is 18.2 Å². The number of anilines is 2. The Hall–Kier alpha value is -4.81. The Morgan fingerprint density at radius 2 is 1.88 bits per heavy atom. The third-order valence-corrected chi connectivity index (χ3v) is 6.94. The number of nitrogens with zero attached hydrogens (tertiary/aromatic N) is 3. The molecule has 9 nitrogen and oxygen atoms in total. The van der Waals surface area contributed by atoms with Gasteiger partial charge in [0.25, 0.3) is 5.91 Å². The molecule has 3 aromatic carbocycles. The van der Waals surface area contributed by atoms with Crippen molar-refractivity contribution in [1.82, 2.24) is 9.97 Å². The lowest BCUT2D eigenvalue weighted by Crippen LogP contribution is -2.37. The van der Waals surface area contributed by atoms with Crippen molar-refractivity contribution < 1.29 is 19.0 Å². The molecule has 2 heterocycles. The third kappa shape index (κ3) is 6.51. The molecule has 0 aliphatic carbocycles. The summed E-state index contributed by atoms with van der Waals surface area (Å²) >= 11 is 0. The number of nitrogens with one attached hydrogen (secondary N) is 2. The first-order valence-electron chi connectivity index (χ1n) is 13.7. The van der Waals surface area contributed by atoms with Gasteiger partial charge in [0.15, 0.2) is 18.1 Å². The number of hydrogen-bond acceptors (Lipinski definition) is 7. The molecule has 0 bridgehead atoms. The zero-order chi connectivity index (χ0) is 28.8. The van der Waals surface area contributed by atoms with Gasteiger partial charge in [-0.3, -0.25) is 4.79 Å². The molecule has 0 radical (unpaired) electrons. The summed E-state index contributed by atoms with van der Waals surface area (Å²) in [4.78, 5) is 22.9. The molecule has 0 unspecified atom stereocenters. The minimum absolute atomic E-state index is 0.187. The average Bonchev–Trinajstić information content (AvgIpc) is 3.39. The number of allylic oxidation sites excluding steroid dienone is 1. The summed E-state index contributed by atoms with van der Waals surface area (Å²) in [5.74, 6) is 1.14. The Morgan fingerprint density at radius 1 is 1.10 bits per heavy atom. The van der Waals surface area contributed by atoms with E-state index in [1.165, 1.54) is 0 Å². The van der Waals surface area contributed by atoms with Gasteiger partial charge in [0.05, 0.1) is 47.8 Å². The largest absolute Gasteiger partial charge is 0.490 e. The maximum absolute atomic E-state index is 12.8. The third-order valence-electron chi connectivity index (χ3n) is 6.94. The van der Waals surface area contributed by atoms with Gasteiger partial charge in [0.1, 0.15) is 11.9 Å². The summed E-state index contributed by atoms with van der Waals surface area (Å²) < 4.78 is 17.1. The Labute approximate surface area is 239 Å². The van der Waals surface area contributed by atoms with E-state index in [2.05, 4.69) is 26.3 Å². The number of imidazole rings is 1. The number of carbonyl (C=O) groups excluding carboxylic acids is 1. The predicted octanol–water partition coefficient (Wildman–Crippen LogP) is 5.50. The predicted molar refractivity (Wildman–Crippen MR) is 160 cm³/mol. The van der Waals surface area contributed by atoms with E-state index in [4.69, 9.17) is 14.2 Å². The molecule has 1 aliphatic rings. The fraction of sp³-hybridized carbons (Fsp3) is 0.281. The number of amides is 1. The van der Waals surface area contributed by atoms with Crippen LogP contribution in [0.15, 0.2) is 54.6 Å². The molecule has 5 rings (SSSR count). The van der Waals surface area contributed by atoms with Crippen molar-refractivity contribution in [3.63, 3.8) is 0 Å². The number of rotatable bonds is 9. The quantitative estimate of drug-likeness (QED) is 0.264. The fourth-order valence-corrected chi connectivity index (χ4v) is 4.71. The van der Waals surface area contributed by atoms with E-state index in [1.807, 2.05) is 63.2 Å². The van der Waals surface area contributed by atoms with Crippen molar-refractivity contribution in [1.29, 1.82) is 5.26 Å². The molecular weight excluding hydrogens is 518 g/mol. The van der Waals surface area contributed by atoms with Crippen LogP contribution in [0, 0.1) is 25.2 Å². The monoisotopic (exact) mass is 551 g/mol. The number of ether oxygens (including phenoxy) is 3. The highest BCUT2D eigenvalue weighted by molar-refractivity contribution is 5.95. The van der Waals surface area contributed by atoms with Crippen molar-refractivity contribution in [2.75, 3.05) is 49.7 Å². The van der Waals surface area contributed by atoms with Gasteiger partial charge in [-0.05, 0) is 79.9 Å². The van der Waals surface area contributed by atoms with E-state index in [0.717, 1.165) is 52.2 Å². The van der Waals surface area contributed by atoms with E-state index in [9.17, 15) is 10.1 Å². The highest BCUT2D eigenvalue weighted by Crippen LogP contribution is 2.31. The molecule has 4 aromatic rings. The fourth-order valence-electron chi connectivity index (χ4n) is 4.71. The number of carbonyl (C=O) groups is 1. The highest BCUT2D eigenvalue weighted by atomic mass is 16.5. The molecule has 1 aliphatic heterocycles. The Balaban J connectivity index is 1.30. The number of aromatic nitrogens is 2. The molecule has 0 saturated carbocycles. The van der Waals surface area contributed by atoms with E-state index in [-0.39, 0.29) is 12.5 Å². The summed E-state index contributed by atoms with van der Waals surface area (Å²) in [7, 11) is 0. The van der Waals surface area contributed by atoms with Crippen LogP contribution in [0.5, 0.6) is 11.5 Å². The molecule has 2 N–H and O–H groups in total. The Morgan fingerprint density at radius 3 is 2.66 bits per heavy atom. The lowest BCUT2D eigenvalue weighted by molar-refractivity contribution is -0.118. The first kappa shape index (κ1) is 27.7. The average molecular weight is 552 g/mol. The summed E-state index contributed by atoms with van der Waals surface area (Å²) in [6.07, 6.45) is 1.75. The van der Waals surface area contributed by atoms with Crippen LogP contribution in [-0.4, -0.2) is 55.4 Å². The molecular formula is C32H33N5O4. The van der Waals surface area contributed by atoms with Crippen LogP contribution in [-0.2, 0) is 9.53 Å². The smallest absolute Gasteiger partial charge is 0.262 e. The highest BCUT2D eigenvalue weighted by Gasteiger charge is 2.17. The summed E-state index contributed by atoms with van der Waals surface area (Å²) in [6.45, 7) is 9.04. The topological polar surface area (TPSA) is 112 Å². The number of aromatic amines is 1. The van der Waals surface area contributed by atoms with Gasteiger partial charge in [0, 0.05) is 13.1 Å². The van der Waals surface area contributed by atoms with E-state index >= 15 is 0 Å². The number of benzene rings is 3. The van der Waals surface area contributed by atoms with Gasteiger partial charge >= 0.3 is 0 Å². The van der Waals surface area contributed by atoms with Gasteiger partial charge in [0.2, 0.25) is 0 Å². The molecule has 41 heavy (non-hydrogen) atoms. The molecule has 1 aromatic heterocycles.